The molecule has 0 spiro atoms. The Morgan fingerprint density at radius 1 is 1.28 bits per heavy atom. The Kier molecular flexibility index (Phi) is 4.66. The minimum Gasteiger partial charge on any atom is -0.479 e. The van der Waals surface area contributed by atoms with Crippen molar-refractivity contribution in [1.29, 1.82) is 5.26 Å². The third-order valence-corrected chi connectivity index (χ3v) is 3.91. The number of nitriles is 1. The monoisotopic (exact) mass is 335 g/mol. The van der Waals surface area contributed by atoms with Crippen LogP contribution in [-0.4, -0.2) is 24.5 Å². The lowest BCUT2D eigenvalue weighted by Crippen LogP contribution is -2.45. The lowest BCUT2D eigenvalue weighted by molar-refractivity contribution is -0.125. The molecule has 126 valence electrons. The van der Waals surface area contributed by atoms with Crippen LogP contribution in [0.2, 0.25) is 0 Å². The zero-order valence-corrected chi connectivity index (χ0v) is 13.7. The number of carbonyl (C=O) groups excluding carboxylic acids is 2. The van der Waals surface area contributed by atoms with Crippen LogP contribution in [0.25, 0.3) is 0 Å². The average molecular weight is 335 g/mol. The van der Waals surface area contributed by atoms with Gasteiger partial charge < -0.3 is 15.0 Å². The Balaban J connectivity index is 1.67. The number of nitrogens with zero attached hydrogens (tertiary/aromatic N) is 2. The molecule has 1 unspecified atom stereocenters. The molecule has 1 N–H and O–H groups in total. The zero-order valence-electron chi connectivity index (χ0n) is 13.7. The summed E-state index contributed by atoms with van der Waals surface area (Å²) in [6.07, 6.45) is -0.436. The SMILES string of the molecule is CC1Oc2ccccc2N(CCC(=O)Nc2cccc(C#N)c2)C1=O. The third-order valence-electron chi connectivity index (χ3n) is 3.91. The van der Waals surface area contributed by atoms with Crippen LogP contribution >= 0.6 is 0 Å². The normalized spacial score (nSPS) is 15.8. The van der Waals surface area contributed by atoms with Gasteiger partial charge in [-0.05, 0) is 37.3 Å². The lowest BCUT2D eigenvalue weighted by atomic mass is 10.1. The van der Waals surface area contributed by atoms with Gasteiger partial charge in [0.05, 0.1) is 17.3 Å². The van der Waals surface area contributed by atoms with Crippen LogP contribution in [0.15, 0.2) is 48.5 Å². The van der Waals surface area contributed by atoms with E-state index in [1.165, 1.54) is 0 Å². The van der Waals surface area contributed by atoms with Crippen molar-refractivity contribution in [2.75, 3.05) is 16.8 Å². The number of ether oxygens (including phenoxy) is 1. The fourth-order valence-electron chi connectivity index (χ4n) is 2.69. The van der Waals surface area contributed by atoms with E-state index in [0.29, 0.717) is 22.7 Å². The number of amides is 2. The number of benzene rings is 2. The van der Waals surface area contributed by atoms with Gasteiger partial charge in [0.1, 0.15) is 5.75 Å². The van der Waals surface area contributed by atoms with E-state index in [1.54, 1.807) is 48.2 Å². The first kappa shape index (κ1) is 16.5. The molecule has 1 heterocycles. The largest absolute Gasteiger partial charge is 0.479 e. The third kappa shape index (κ3) is 3.61. The highest BCUT2D eigenvalue weighted by molar-refractivity contribution is 6.00. The molecule has 2 amide bonds. The van der Waals surface area contributed by atoms with Crippen molar-refractivity contribution in [1.82, 2.24) is 0 Å². The van der Waals surface area contributed by atoms with E-state index in [1.807, 2.05) is 18.2 Å². The summed E-state index contributed by atoms with van der Waals surface area (Å²) in [5.41, 5.74) is 1.71. The van der Waals surface area contributed by atoms with Gasteiger partial charge in [-0.3, -0.25) is 9.59 Å². The maximum absolute atomic E-state index is 12.4. The van der Waals surface area contributed by atoms with E-state index >= 15 is 0 Å². The van der Waals surface area contributed by atoms with Crippen molar-refractivity contribution in [3.05, 3.63) is 54.1 Å². The lowest BCUT2D eigenvalue weighted by Gasteiger charge is -2.32. The second-order valence-electron chi connectivity index (χ2n) is 5.71. The Morgan fingerprint density at radius 3 is 2.88 bits per heavy atom. The minimum absolute atomic E-state index is 0.142. The van der Waals surface area contributed by atoms with Crippen molar-refractivity contribution < 1.29 is 14.3 Å². The van der Waals surface area contributed by atoms with Crippen LogP contribution in [0.1, 0.15) is 18.9 Å². The maximum atomic E-state index is 12.4. The molecule has 2 aromatic rings. The zero-order chi connectivity index (χ0) is 17.8. The molecule has 0 saturated heterocycles. The topological polar surface area (TPSA) is 82.4 Å². The van der Waals surface area contributed by atoms with Crippen LogP contribution < -0.4 is 15.0 Å². The average Bonchev–Trinajstić information content (AvgIpc) is 2.62. The van der Waals surface area contributed by atoms with Gasteiger partial charge in [0.25, 0.3) is 5.91 Å². The summed E-state index contributed by atoms with van der Waals surface area (Å²) >= 11 is 0. The smallest absolute Gasteiger partial charge is 0.267 e. The van der Waals surface area contributed by atoms with Crippen LogP contribution in [0.3, 0.4) is 0 Å². The van der Waals surface area contributed by atoms with Crippen LogP contribution in [-0.2, 0) is 9.59 Å². The van der Waals surface area contributed by atoms with Crippen molar-refractivity contribution >= 4 is 23.2 Å². The molecule has 0 aliphatic carbocycles. The molecule has 1 aliphatic rings. The number of nitrogens with one attached hydrogen (secondary N) is 1. The summed E-state index contributed by atoms with van der Waals surface area (Å²) in [6.45, 7) is 1.95. The molecule has 3 rings (SSSR count). The van der Waals surface area contributed by atoms with Gasteiger partial charge in [0.2, 0.25) is 5.91 Å². The molecule has 0 aromatic heterocycles. The second-order valence-corrected chi connectivity index (χ2v) is 5.71. The Hall–Kier alpha value is -3.33. The summed E-state index contributed by atoms with van der Waals surface area (Å²) in [7, 11) is 0. The molecule has 0 bridgehead atoms. The summed E-state index contributed by atoms with van der Waals surface area (Å²) in [4.78, 5) is 26.1. The Bertz CT molecular complexity index is 857. The molecule has 1 aliphatic heterocycles. The standard InChI is InChI=1S/C19H17N3O3/c1-13-19(24)22(16-7-2-3-8-17(16)25-13)10-9-18(23)21-15-6-4-5-14(11-15)12-20/h2-8,11,13H,9-10H2,1H3,(H,21,23). The van der Waals surface area contributed by atoms with E-state index in [4.69, 9.17) is 10.00 Å². The summed E-state index contributed by atoms with van der Waals surface area (Å²) < 4.78 is 5.58. The van der Waals surface area contributed by atoms with E-state index in [9.17, 15) is 9.59 Å². The first-order valence-electron chi connectivity index (χ1n) is 7.95. The van der Waals surface area contributed by atoms with Gasteiger partial charge >= 0.3 is 0 Å². The van der Waals surface area contributed by atoms with Crippen LogP contribution in [0.5, 0.6) is 5.75 Å². The fraction of sp³-hybridized carbons (Fsp3) is 0.211. The van der Waals surface area contributed by atoms with Crippen molar-refractivity contribution in [2.45, 2.75) is 19.4 Å². The molecule has 0 saturated carbocycles. The number of rotatable bonds is 4. The first-order valence-corrected chi connectivity index (χ1v) is 7.95. The quantitative estimate of drug-likeness (QED) is 0.931. The highest BCUT2D eigenvalue weighted by Gasteiger charge is 2.31. The molecule has 1 atom stereocenters. The van der Waals surface area contributed by atoms with Gasteiger partial charge in [-0.2, -0.15) is 5.26 Å². The first-order chi connectivity index (χ1) is 12.1. The van der Waals surface area contributed by atoms with Crippen LogP contribution in [0, 0.1) is 11.3 Å². The van der Waals surface area contributed by atoms with Gasteiger partial charge in [0, 0.05) is 18.7 Å². The second kappa shape index (κ2) is 7.05. The maximum Gasteiger partial charge on any atom is 0.267 e. The van der Waals surface area contributed by atoms with Gasteiger partial charge in [-0.15, -0.1) is 0 Å². The number of hydrogen-bond acceptors (Lipinski definition) is 4. The van der Waals surface area contributed by atoms with E-state index in [0.717, 1.165) is 0 Å². The van der Waals surface area contributed by atoms with E-state index in [2.05, 4.69) is 5.32 Å². The van der Waals surface area contributed by atoms with E-state index < -0.39 is 6.10 Å². The molecule has 2 aromatic carbocycles. The Labute approximate surface area is 145 Å². The summed E-state index contributed by atoms with van der Waals surface area (Å²) in [5, 5.41) is 11.6. The predicted octanol–water partition coefficient (Wildman–Crippen LogP) is 2.70. The number of hydrogen-bond donors (Lipinski definition) is 1. The van der Waals surface area contributed by atoms with Crippen molar-refractivity contribution in [3.63, 3.8) is 0 Å². The van der Waals surface area contributed by atoms with Crippen molar-refractivity contribution in [2.24, 2.45) is 0 Å². The molecular formula is C19H17N3O3. The Morgan fingerprint density at radius 2 is 2.08 bits per heavy atom. The highest BCUT2D eigenvalue weighted by atomic mass is 16.5. The molecule has 0 fully saturated rings. The number of para-hydroxylation sites is 2. The molecular weight excluding hydrogens is 318 g/mol. The minimum atomic E-state index is -0.578. The van der Waals surface area contributed by atoms with Gasteiger partial charge in [-0.1, -0.05) is 18.2 Å². The summed E-state index contributed by atoms with van der Waals surface area (Å²) in [6, 6.07) is 16.0. The summed E-state index contributed by atoms with van der Waals surface area (Å²) in [5.74, 6) is 0.245. The highest BCUT2D eigenvalue weighted by Crippen LogP contribution is 2.33. The fourth-order valence-corrected chi connectivity index (χ4v) is 2.69. The van der Waals surface area contributed by atoms with Crippen molar-refractivity contribution in [3.8, 4) is 11.8 Å². The number of carbonyl (C=O) groups is 2. The number of anilines is 2. The molecule has 6 heteroatoms. The molecule has 0 radical (unpaired) electrons. The molecule has 6 nitrogen and oxygen atoms in total. The van der Waals surface area contributed by atoms with Crippen LogP contribution in [0.4, 0.5) is 11.4 Å². The van der Waals surface area contributed by atoms with Gasteiger partial charge in [-0.25, -0.2) is 0 Å². The van der Waals surface area contributed by atoms with Gasteiger partial charge in [0.15, 0.2) is 6.10 Å². The van der Waals surface area contributed by atoms with E-state index in [-0.39, 0.29) is 24.8 Å². The predicted molar refractivity (Wildman–Crippen MR) is 93.3 cm³/mol. The molecule has 25 heavy (non-hydrogen) atoms. The number of fused-ring (bicyclic) bond motifs is 1.